The first-order chi connectivity index (χ1) is 14.3. The molecule has 2 aliphatic heterocycles. The molecule has 162 valence electrons. The summed E-state index contributed by atoms with van der Waals surface area (Å²) in [5, 5.41) is 2.65. The van der Waals surface area contributed by atoms with E-state index in [0.29, 0.717) is 31.1 Å². The van der Waals surface area contributed by atoms with Crippen molar-refractivity contribution >= 4 is 15.9 Å². The minimum absolute atomic E-state index is 0.0212. The first kappa shape index (κ1) is 20.7. The Morgan fingerprint density at radius 3 is 2.57 bits per heavy atom. The summed E-state index contributed by atoms with van der Waals surface area (Å²) < 4.78 is 43.0. The van der Waals surface area contributed by atoms with E-state index in [-0.39, 0.29) is 23.1 Å². The average molecular weight is 435 g/mol. The second-order valence-electron chi connectivity index (χ2n) is 8.22. The highest BCUT2D eigenvalue weighted by molar-refractivity contribution is 7.89. The van der Waals surface area contributed by atoms with Crippen molar-refractivity contribution in [3.63, 3.8) is 0 Å². The van der Waals surface area contributed by atoms with Crippen molar-refractivity contribution in [3.05, 3.63) is 41.7 Å². The Bertz CT molecular complexity index is 1040. The quantitative estimate of drug-likeness (QED) is 0.751. The third-order valence-electron chi connectivity index (χ3n) is 5.56. The van der Waals surface area contributed by atoms with E-state index in [1.165, 1.54) is 16.4 Å². The molecule has 0 unspecified atom stereocenters. The minimum Gasteiger partial charge on any atom is -0.454 e. The van der Waals surface area contributed by atoms with E-state index < -0.39 is 15.9 Å². The van der Waals surface area contributed by atoms with Crippen LogP contribution < -0.4 is 14.8 Å². The van der Waals surface area contributed by atoms with E-state index in [2.05, 4.69) is 5.32 Å². The molecule has 9 heteroatoms. The highest BCUT2D eigenvalue weighted by Gasteiger charge is 2.30. The maximum Gasteiger partial charge on any atom is 0.287 e. The predicted octanol–water partition coefficient (Wildman–Crippen LogP) is 2.89. The number of nitrogens with one attached hydrogen (secondary N) is 1. The first-order valence-corrected chi connectivity index (χ1v) is 11.5. The van der Waals surface area contributed by atoms with E-state index in [1.54, 1.807) is 0 Å². The first-order valence-electron chi connectivity index (χ1n) is 10.1. The number of carbonyl (C=O) groups excluding carboxylic acids is 1. The molecular weight excluding hydrogens is 408 g/mol. The lowest BCUT2D eigenvalue weighted by atomic mass is 9.84. The number of sulfonamides is 1. The van der Waals surface area contributed by atoms with Gasteiger partial charge < -0.3 is 19.2 Å². The minimum atomic E-state index is -3.71. The summed E-state index contributed by atoms with van der Waals surface area (Å²) in [6.45, 7) is 5.50. The lowest BCUT2D eigenvalue weighted by molar-refractivity contribution is 0.0912. The van der Waals surface area contributed by atoms with Gasteiger partial charge in [-0.05, 0) is 42.7 Å². The van der Waals surface area contributed by atoms with Crippen LogP contribution in [0, 0.1) is 0 Å². The van der Waals surface area contributed by atoms with Gasteiger partial charge >= 0.3 is 0 Å². The van der Waals surface area contributed by atoms with Gasteiger partial charge in [-0.15, -0.1) is 0 Å². The molecule has 8 nitrogen and oxygen atoms in total. The summed E-state index contributed by atoms with van der Waals surface area (Å²) in [4.78, 5) is 12.6. The number of carbonyl (C=O) groups is 1. The van der Waals surface area contributed by atoms with Gasteiger partial charge in [-0.3, -0.25) is 4.79 Å². The van der Waals surface area contributed by atoms with Crippen LogP contribution >= 0.6 is 0 Å². The molecule has 0 aliphatic carbocycles. The Hall–Kier alpha value is -2.52. The number of benzene rings is 1. The van der Waals surface area contributed by atoms with Gasteiger partial charge in [0, 0.05) is 25.0 Å². The highest BCUT2D eigenvalue weighted by atomic mass is 32.2. The van der Waals surface area contributed by atoms with Gasteiger partial charge in [0.15, 0.2) is 17.3 Å². The van der Waals surface area contributed by atoms with Crippen molar-refractivity contribution in [1.82, 2.24) is 9.62 Å². The number of ether oxygens (including phenoxy) is 2. The van der Waals surface area contributed by atoms with E-state index in [4.69, 9.17) is 13.9 Å². The molecule has 0 spiro atoms. The van der Waals surface area contributed by atoms with Gasteiger partial charge in [0.05, 0.1) is 0 Å². The zero-order valence-corrected chi connectivity index (χ0v) is 18.0. The van der Waals surface area contributed by atoms with Crippen LogP contribution in [-0.4, -0.2) is 45.1 Å². The van der Waals surface area contributed by atoms with E-state index in [1.807, 2.05) is 32.0 Å². The molecule has 30 heavy (non-hydrogen) atoms. The Morgan fingerprint density at radius 1 is 1.07 bits per heavy atom. The molecule has 1 aromatic carbocycles. The zero-order valence-electron chi connectivity index (χ0n) is 17.1. The third-order valence-corrected chi connectivity index (χ3v) is 7.33. The van der Waals surface area contributed by atoms with Gasteiger partial charge in [-0.2, -0.15) is 4.31 Å². The number of furan rings is 1. The fraction of sp³-hybridized carbons (Fsp3) is 0.476. The molecule has 1 amide bonds. The molecular formula is C21H26N2O6S. The van der Waals surface area contributed by atoms with Crippen molar-refractivity contribution in [1.29, 1.82) is 0 Å². The number of fused-ring (bicyclic) bond motifs is 1. The van der Waals surface area contributed by atoms with Crippen molar-refractivity contribution in [2.45, 2.75) is 43.6 Å². The SMILES string of the molecule is CC(C)(CNC(=O)c1ccc(S(=O)(=O)N2CCCCC2)o1)c1ccc2c(c1)OCO2. The van der Waals surface area contributed by atoms with Crippen LogP contribution in [0.1, 0.15) is 49.2 Å². The van der Waals surface area contributed by atoms with Crippen LogP contribution in [0.4, 0.5) is 0 Å². The largest absolute Gasteiger partial charge is 0.454 e. The molecule has 1 aromatic heterocycles. The van der Waals surface area contributed by atoms with Gasteiger partial charge in [0.25, 0.3) is 15.9 Å². The van der Waals surface area contributed by atoms with Crippen LogP contribution in [0.2, 0.25) is 0 Å². The highest BCUT2D eigenvalue weighted by Crippen LogP contribution is 2.36. The lowest BCUT2D eigenvalue weighted by Crippen LogP contribution is -2.36. The topological polar surface area (TPSA) is 98.1 Å². The summed E-state index contributed by atoms with van der Waals surface area (Å²) in [5.41, 5.74) is 0.603. The second-order valence-corrected chi connectivity index (χ2v) is 10.1. The number of nitrogens with zero attached hydrogens (tertiary/aromatic N) is 1. The van der Waals surface area contributed by atoms with Crippen molar-refractivity contribution in [2.24, 2.45) is 0 Å². The average Bonchev–Trinajstić information content (AvgIpc) is 3.42. The molecule has 0 saturated carbocycles. The van der Waals surface area contributed by atoms with Gasteiger partial charge in [-0.1, -0.05) is 26.3 Å². The summed E-state index contributed by atoms with van der Waals surface area (Å²) in [6.07, 6.45) is 2.70. The Kier molecular flexibility index (Phi) is 5.50. The van der Waals surface area contributed by atoms with Gasteiger partial charge in [-0.25, -0.2) is 8.42 Å². The smallest absolute Gasteiger partial charge is 0.287 e. The number of amides is 1. The predicted molar refractivity (Wildman–Crippen MR) is 109 cm³/mol. The number of piperidine rings is 1. The van der Waals surface area contributed by atoms with Gasteiger partial charge in [0.1, 0.15) is 0 Å². The fourth-order valence-corrected chi connectivity index (χ4v) is 5.05. The van der Waals surface area contributed by atoms with E-state index in [0.717, 1.165) is 24.8 Å². The summed E-state index contributed by atoms with van der Waals surface area (Å²) in [6, 6.07) is 8.45. The van der Waals surface area contributed by atoms with Crippen LogP contribution in [0.25, 0.3) is 0 Å². The van der Waals surface area contributed by atoms with Gasteiger partial charge in [0.2, 0.25) is 11.9 Å². The molecule has 1 saturated heterocycles. The second kappa shape index (κ2) is 7.96. The van der Waals surface area contributed by atoms with Crippen LogP contribution in [0.15, 0.2) is 39.8 Å². The van der Waals surface area contributed by atoms with Crippen molar-refractivity contribution in [2.75, 3.05) is 26.4 Å². The van der Waals surface area contributed by atoms with E-state index >= 15 is 0 Å². The summed E-state index contributed by atoms with van der Waals surface area (Å²) in [5.74, 6) is 0.915. The zero-order chi connectivity index (χ0) is 21.4. The normalized spacial score (nSPS) is 17.1. The number of rotatable bonds is 6. The number of hydrogen-bond donors (Lipinski definition) is 1. The molecule has 0 bridgehead atoms. The Morgan fingerprint density at radius 2 is 1.80 bits per heavy atom. The summed E-state index contributed by atoms with van der Waals surface area (Å²) in [7, 11) is -3.71. The van der Waals surface area contributed by atoms with Crippen LogP contribution in [-0.2, 0) is 15.4 Å². The van der Waals surface area contributed by atoms with Crippen molar-refractivity contribution in [3.8, 4) is 11.5 Å². The molecule has 2 aromatic rings. The molecule has 1 fully saturated rings. The molecule has 3 heterocycles. The summed E-state index contributed by atoms with van der Waals surface area (Å²) >= 11 is 0. The van der Waals surface area contributed by atoms with Crippen LogP contribution in [0.3, 0.4) is 0 Å². The Labute approximate surface area is 176 Å². The lowest BCUT2D eigenvalue weighted by Gasteiger charge is -2.25. The molecule has 2 aliphatic rings. The molecule has 0 radical (unpaired) electrons. The van der Waals surface area contributed by atoms with Crippen LogP contribution in [0.5, 0.6) is 11.5 Å². The standard InChI is InChI=1S/C21H26N2O6S/c1-21(2,15-6-7-16-18(12-15)28-14-27-16)13-22-20(24)17-8-9-19(29-17)30(25,26)23-10-4-3-5-11-23/h6-9,12H,3-5,10-11,13-14H2,1-2H3,(H,22,24). The number of hydrogen-bond acceptors (Lipinski definition) is 6. The van der Waals surface area contributed by atoms with E-state index in [9.17, 15) is 13.2 Å². The monoisotopic (exact) mass is 434 g/mol. The maximum absolute atomic E-state index is 12.7. The Balaban J connectivity index is 1.42. The fourth-order valence-electron chi connectivity index (χ4n) is 3.62. The molecule has 0 atom stereocenters. The maximum atomic E-state index is 12.7. The van der Waals surface area contributed by atoms with Crippen molar-refractivity contribution < 1.29 is 27.1 Å². The third kappa shape index (κ3) is 4.04. The molecule has 1 N–H and O–H groups in total. The molecule has 4 rings (SSSR count).